The molecule has 1 aromatic heterocycles. The molecule has 1 aliphatic heterocycles. The average Bonchev–Trinajstić information content (AvgIpc) is 3.16. The second kappa shape index (κ2) is 6.99. The number of nitrogens with zero attached hydrogens (tertiary/aromatic N) is 2. The highest BCUT2D eigenvalue weighted by Gasteiger charge is 2.44. The van der Waals surface area contributed by atoms with Gasteiger partial charge in [-0.1, -0.05) is 35.5 Å². The van der Waals surface area contributed by atoms with E-state index in [1.54, 1.807) is 19.9 Å². The van der Waals surface area contributed by atoms with Gasteiger partial charge in [-0.25, -0.2) is 4.79 Å². The van der Waals surface area contributed by atoms with Crippen molar-refractivity contribution in [1.29, 1.82) is 0 Å². The number of nitrogens with one attached hydrogen (secondary N) is 1. The fourth-order valence-corrected chi connectivity index (χ4v) is 2.57. The van der Waals surface area contributed by atoms with Gasteiger partial charge in [-0.2, -0.15) is 0 Å². The number of urea groups is 1. The number of hydrogen-bond acceptors (Lipinski definition) is 6. The van der Waals surface area contributed by atoms with Gasteiger partial charge in [-0.3, -0.25) is 14.5 Å². The van der Waals surface area contributed by atoms with Crippen LogP contribution in [0, 0.1) is 0 Å². The first-order valence-corrected chi connectivity index (χ1v) is 8.17. The number of esters is 1. The minimum atomic E-state index is -0.949. The van der Waals surface area contributed by atoms with Crippen molar-refractivity contribution in [3.8, 4) is 11.3 Å². The molecule has 0 aliphatic carbocycles. The molecule has 0 saturated carbocycles. The van der Waals surface area contributed by atoms with E-state index in [9.17, 15) is 14.4 Å². The Kier molecular flexibility index (Phi) is 4.75. The first-order chi connectivity index (χ1) is 12.4. The zero-order valence-electron chi connectivity index (χ0n) is 14.5. The van der Waals surface area contributed by atoms with Gasteiger partial charge in [0, 0.05) is 18.2 Å². The molecule has 8 heteroatoms. The number of ether oxygens (including phenoxy) is 1. The Morgan fingerprint density at radius 2 is 2.00 bits per heavy atom. The number of rotatable bonds is 6. The molecule has 0 unspecified atom stereocenters. The first-order valence-electron chi connectivity index (χ1n) is 8.17. The third kappa shape index (κ3) is 3.74. The maximum Gasteiger partial charge on any atom is 0.325 e. The van der Waals surface area contributed by atoms with E-state index in [0.29, 0.717) is 11.5 Å². The molecule has 0 atom stereocenters. The molecule has 1 aliphatic rings. The molecule has 2 aromatic rings. The number of carbonyl (C=O) groups excluding carboxylic acids is 3. The van der Waals surface area contributed by atoms with Crippen LogP contribution in [0.1, 0.15) is 26.0 Å². The number of amides is 3. The molecular weight excluding hydrogens is 338 g/mol. The standard InChI is InChI=1S/C18H19N3O5/c1-18(2)16(23)21(17(24)19-18)9-8-15(22)25-11-13-10-14(26-20-13)12-6-4-3-5-7-12/h3-7,10H,8-9,11H2,1-2H3,(H,19,24). The van der Waals surface area contributed by atoms with Gasteiger partial charge in [0.15, 0.2) is 5.76 Å². The van der Waals surface area contributed by atoms with E-state index in [1.807, 2.05) is 30.3 Å². The minimum absolute atomic E-state index is 0.0268. The number of benzene rings is 1. The van der Waals surface area contributed by atoms with Crippen molar-refractivity contribution in [3.63, 3.8) is 0 Å². The highest BCUT2D eigenvalue weighted by molar-refractivity contribution is 6.06. The number of aromatic nitrogens is 1. The van der Waals surface area contributed by atoms with Crippen LogP contribution in [0.5, 0.6) is 0 Å². The number of hydrogen-bond donors (Lipinski definition) is 1. The summed E-state index contributed by atoms with van der Waals surface area (Å²) in [6.45, 7) is 3.16. The summed E-state index contributed by atoms with van der Waals surface area (Å²) in [6, 6.07) is 10.6. The molecular formula is C18H19N3O5. The zero-order valence-corrected chi connectivity index (χ0v) is 14.5. The molecule has 0 radical (unpaired) electrons. The van der Waals surface area contributed by atoms with E-state index in [-0.39, 0.29) is 25.5 Å². The third-order valence-electron chi connectivity index (χ3n) is 3.98. The van der Waals surface area contributed by atoms with Crippen LogP contribution in [0.15, 0.2) is 40.9 Å². The summed E-state index contributed by atoms with van der Waals surface area (Å²) in [4.78, 5) is 36.7. The monoisotopic (exact) mass is 357 g/mol. The van der Waals surface area contributed by atoms with Crippen molar-refractivity contribution in [2.24, 2.45) is 0 Å². The van der Waals surface area contributed by atoms with Gasteiger partial charge in [-0.05, 0) is 13.8 Å². The molecule has 1 fully saturated rings. The van der Waals surface area contributed by atoms with E-state index in [2.05, 4.69) is 10.5 Å². The van der Waals surface area contributed by atoms with Crippen molar-refractivity contribution in [2.45, 2.75) is 32.4 Å². The quantitative estimate of drug-likeness (QED) is 0.627. The number of imide groups is 1. The van der Waals surface area contributed by atoms with E-state index in [4.69, 9.17) is 9.26 Å². The maximum absolute atomic E-state index is 12.0. The number of carbonyl (C=O) groups is 3. The van der Waals surface area contributed by atoms with Crippen LogP contribution < -0.4 is 5.32 Å². The summed E-state index contributed by atoms with van der Waals surface area (Å²) in [5.74, 6) is -0.308. The Morgan fingerprint density at radius 3 is 2.65 bits per heavy atom. The van der Waals surface area contributed by atoms with Crippen molar-refractivity contribution in [1.82, 2.24) is 15.4 Å². The molecule has 1 saturated heterocycles. The Bertz CT molecular complexity index is 828. The van der Waals surface area contributed by atoms with E-state index in [1.165, 1.54) is 0 Å². The zero-order chi connectivity index (χ0) is 18.7. The Labute approximate surface area is 150 Å². The largest absolute Gasteiger partial charge is 0.459 e. The van der Waals surface area contributed by atoms with Crippen LogP contribution in [-0.2, 0) is 20.9 Å². The summed E-state index contributed by atoms with van der Waals surface area (Å²) in [7, 11) is 0. The van der Waals surface area contributed by atoms with Gasteiger partial charge >= 0.3 is 12.0 Å². The van der Waals surface area contributed by atoms with Gasteiger partial charge in [0.2, 0.25) is 0 Å². The third-order valence-corrected chi connectivity index (χ3v) is 3.98. The molecule has 136 valence electrons. The van der Waals surface area contributed by atoms with Crippen LogP contribution in [-0.4, -0.2) is 40.0 Å². The highest BCUT2D eigenvalue weighted by atomic mass is 16.5. The molecule has 3 amide bonds. The highest BCUT2D eigenvalue weighted by Crippen LogP contribution is 2.20. The fourth-order valence-electron chi connectivity index (χ4n) is 2.57. The summed E-state index contributed by atoms with van der Waals surface area (Å²) in [6.07, 6.45) is -0.0847. The molecule has 8 nitrogen and oxygen atoms in total. The van der Waals surface area contributed by atoms with Crippen molar-refractivity contribution < 1.29 is 23.6 Å². The fraction of sp³-hybridized carbons (Fsp3) is 0.333. The van der Waals surface area contributed by atoms with Crippen LogP contribution in [0.2, 0.25) is 0 Å². The summed E-state index contributed by atoms with van der Waals surface area (Å²) < 4.78 is 10.4. The van der Waals surface area contributed by atoms with Crippen LogP contribution in [0.3, 0.4) is 0 Å². The van der Waals surface area contributed by atoms with Crippen molar-refractivity contribution in [2.75, 3.05) is 6.54 Å². The second-order valence-corrected chi connectivity index (χ2v) is 6.47. The second-order valence-electron chi connectivity index (χ2n) is 6.47. The molecule has 1 N–H and O–H groups in total. The predicted octanol–water partition coefficient (Wildman–Crippen LogP) is 2.11. The van der Waals surface area contributed by atoms with Gasteiger partial charge in [0.25, 0.3) is 5.91 Å². The van der Waals surface area contributed by atoms with Crippen LogP contribution in [0.25, 0.3) is 11.3 Å². The Hall–Kier alpha value is -3.16. The van der Waals surface area contributed by atoms with Crippen LogP contribution >= 0.6 is 0 Å². The van der Waals surface area contributed by atoms with Crippen LogP contribution in [0.4, 0.5) is 4.79 Å². The molecule has 26 heavy (non-hydrogen) atoms. The van der Waals surface area contributed by atoms with E-state index < -0.39 is 17.5 Å². The summed E-state index contributed by atoms with van der Waals surface area (Å²) in [5.41, 5.74) is 0.405. The van der Waals surface area contributed by atoms with E-state index in [0.717, 1.165) is 10.5 Å². The van der Waals surface area contributed by atoms with Crippen molar-refractivity contribution >= 4 is 17.9 Å². The van der Waals surface area contributed by atoms with Gasteiger partial charge in [-0.15, -0.1) is 0 Å². The molecule has 0 bridgehead atoms. The lowest BCUT2D eigenvalue weighted by Crippen LogP contribution is -2.40. The minimum Gasteiger partial charge on any atom is -0.459 e. The summed E-state index contributed by atoms with van der Waals surface area (Å²) in [5, 5.41) is 6.42. The lowest BCUT2D eigenvalue weighted by atomic mass is 10.1. The normalized spacial score (nSPS) is 15.8. The smallest absolute Gasteiger partial charge is 0.325 e. The molecule has 1 aromatic carbocycles. The lowest BCUT2D eigenvalue weighted by molar-refractivity contribution is -0.145. The first kappa shape index (κ1) is 17.7. The molecule has 3 rings (SSSR count). The maximum atomic E-state index is 12.0. The van der Waals surface area contributed by atoms with Gasteiger partial charge < -0.3 is 14.6 Å². The SMILES string of the molecule is CC1(C)NC(=O)N(CCC(=O)OCc2cc(-c3ccccc3)on2)C1=O. The Balaban J connectivity index is 1.49. The predicted molar refractivity (Wildman–Crippen MR) is 90.7 cm³/mol. The van der Waals surface area contributed by atoms with Gasteiger partial charge in [0.05, 0.1) is 6.42 Å². The van der Waals surface area contributed by atoms with E-state index >= 15 is 0 Å². The topological polar surface area (TPSA) is 102 Å². The average molecular weight is 357 g/mol. The summed E-state index contributed by atoms with van der Waals surface area (Å²) >= 11 is 0. The Morgan fingerprint density at radius 1 is 1.27 bits per heavy atom. The lowest BCUT2D eigenvalue weighted by Gasteiger charge is -2.15. The molecule has 0 spiro atoms. The van der Waals surface area contributed by atoms with Gasteiger partial charge in [0.1, 0.15) is 17.8 Å². The molecule has 2 heterocycles. The van der Waals surface area contributed by atoms with Crippen molar-refractivity contribution in [3.05, 3.63) is 42.1 Å².